The van der Waals surface area contributed by atoms with Crippen molar-refractivity contribution in [1.29, 1.82) is 0 Å². The molecule has 3 rings (SSSR count). The van der Waals surface area contributed by atoms with E-state index in [1.54, 1.807) is 25.1 Å². The van der Waals surface area contributed by atoms with Crippen molar-refractivity contribution in [3.63, 3.8) is 0 Å². The van der Waals surface area contributed by atoms with Gasteiger partial charge in [0.1, 0.15) is 5.82 Å². The molecule has 156 valence electrons. The third-order valence-electron chi connectivity index (χ3n) is 4.57. The lowest BCUT2D eigenvalue weighted by Crippen LogP contribution is -2.27. The van der Waals surface area contributed by atoms with E-state index in [0.29, 0.717) is 11.3 Å². The third-order valence-corrected chi connectivity index (χ3v) is 4.57. The number of halogens is 4. The first-order valence-corrected chi connectivity index (χ1v) is 8.99. The molecular weight excluding hydrogens is 400 g/mol. The molecule has 0 fully saturated rings. The molecule has 0 aliphatic carbocycles. The fourth-order valence-electron chi connectivity index (χ4n) is 2.94. The number of amides is 1. The molecule has 1 heterocycles. The number of aliphatic hydroxyl groups is 1. The van der Waals surface area contributed by atoms with E-state index in [4.69, 9.17) is 0 Å². The van der Waals surface area contributed by atoms with Gasteiger partial charge in [-0.1, -0.05) is 11.8 Å². The summed E-state index contributed by atoms with van der Waals surface area (Å²) >= 11 is 0. The van der Waals surface area contributed by atoms with Crippen LogP contribution in [0.4, 0.5) is 23.2 Å². The van der Waals surface area contributed by atoms with Gasteiger partial charge in [-0.2, -0.15) is 13.2 Å². The molecule has 3 N–H and O–H groups in total. The first-order chi connectivity index (χ1) is 14.2. The van der Waals surface area contributed by atoms with E-state index in [2.05, 4.69) is 16.4 Å². The Morgan fingerprint density at radius 3 is 2.53 bits per heavy atom. The number of nitrogens with one attached hydrogen (secondary N) is 2. The topological polar surface area (TPSA) is 61.4 Å². The number of aryl methyl sites for hydroxylation is 1. The van der Waals surface area contributed by atoms with Crippen LogP contribution in [-0.4, -0.2) is 17.2 Å². The van der Waals surface area contributed by atoms with Gasteiger partial charge in [0.25, 0.3) is 5.91 Å². The smallest absolute Gasteiger partial charge is 0.392 e. The van der Waals surface area contributed by atoms with E-state index in [9.17, 15) is 27.5 Å². The minimum absolute atomic E-state index is 0.0273. The predicted octanol–water partition coefficient (Wildman–Crippen LogP) is 4.57. The van der Waals surface area contributed by atoms with E-state index >= 15 is 0 Å². The van der Waals surface area contributed by atoms with E-state index in [1.165, 1.54) is 12.1 Å². The van der Waals surface area contributed by atoms with Crippen molar-refractivity contribution < 1.29 is 27.5 Å². The van der Waals surface area contributed by atoms with Crippen LogP contribution in [0.15, 0.2) is 65.5 Å². The molecule has 1 aliphatic rings. The molecule has 0 saturated heterocycles. The second-order valence-electron chi connectivity index (χ2n) is 6.66. The summed E-state index contributed by atoms with van der Waals surface area (Å²) in [4.78, 5) is 12.9. The van der Waals surface area contributed by atoms with Crippen LogP contribution in [0, 0.1) is 12.7 Å². The van der Waals surface area contributed by atoms with Crippen LogP contribution < -0.4 is 10.6 Å². The van der Waals surface area contributed by atoms with Crippen LogP contribution in [0.1, 0.15) is 23.1 Å². The summed E-state index contributed by atoms with van der Waals surface area (Å²) in [7, 11) is 0. The van der Waals surface area contributed by atoms with E-state index in [1.807, 2.05) is 0 Å². The first-order valence-electron chi connectivity index (χ1n) is 8.99. The quantitative estimate of drug-likeness (QED) is 0.504. The number of allylic oxidation sites excluding steroid dienone is 1. The highest BCUT2D eigenvalue weighted by molar-refractivity contribution is 6.09. The van der Waals surface area contributed by atoms with Gasteiger partial charge in [0.2, 0.25) is 0 Å². The lowest BCUT2D eigenvalue weighted by atomic mass is 10.0. The zero-order valence-corrected chi connectivity index (χ0v) is 15.9. The maximum atomic E-state index is 13.3. The second kappa shape index (κ2) is 8.57. The molecule has 0 bridgehead atoms. The lowest BCUT2D eigenvalue weighted by Gasteiger charge is -2.18. The first kappa shape index (κ1) is 21.4. The lowest BCUT2D eigenvalue weighted by molar-refractivity contribution is -0.113. The molecule has 0 atom stereocenters. The number of hydrogen-bond donors (Lipinski definition) is 3. The zero-order valence-electron chi connectivity index (χ0n) is 15.9. The highest BCUT2D eigenvalue weighted by Crippen LogP contribution is 2.30. The van der Waals surface area contributed by atoms with Crippen molar-refractivity contribution in [2.24, 2.45) is 0 Å². The number of benzene rings is 2. The van der Waals surface area contributed by atoms with E-state index in [-0.39, 0.29) is 29.9 Å². The normalized spacial score (nSPS) is 14.1. The number of aliphatic hydroxyl groups excluding tert-OH is 1. The standard InChI is InChI=1S/C22H18F4N2O2/c1-13-5-10-17(11-15(13)12-29)27-21(30)18-3-2-4-19(22(24,25)26)28-20(18)14-6-8-16(23)9-7-14/h2,5-11,28-29H,3,12H2,1H3,(H,27,30). The van der Waals surface area contributed by atoms with Crippen molar-refractivity contribution in [1.82, 2.24) is 5.32 Å². The summed E-state index contributed by atoms with van der Waals surface area (Å²) in [6.07, 6.45) is -3.71. The van der Waals surface area contributed by atoms with Gasteiger partial charge in [-0.05, 0) is 66.1 Å². The molecule has 0 spiro atoms. The Bertz CT molecular complexity index is 1060. The molecule has 1 amide bonds. The second-order valence-corrected chi connectivity index (χ2v) is 6.66. The largest absolute Gasteiger partial charge is 0.438 e. The molecule has 0 aromatic heterocycles. The Morgan fingerprint density at radius 2 is 1.90 bits per heavy atom. The van der Waals surface area contributed by atoms with Crippen LogP contribution in [-0.2, 0) is 11.4 Å². The highest BCUT2D eigenvalue weighted by atomic mass is 19.4. The van der Waals surface area contributed by atoms with E-state index in [0.717, 1.165) is 23.8 Å². The van der Waals surface area contributed by atoms with Crippen molar-refractivity contribution in [3.8, 4) is 0 Å². The predicted molar refractivity (Wildman–Crippen MR) is 104 cm³/mol. The highest BCUT2D eigenvalue weighted by Gasteiger charge is 2.36. The van der Waals surface area contributed by atoms with Crippen LogP contribution >= 0.6 is 0 Å². The van der Waals surface area contributed by atoms with Crippen molar-refractivity contribution >= 4 is 17.3 Å². The van der Waals surface area contributed by atoms with E-state index < -0.39 is 23.6 Å². The van der Waals surface area contributed by atoms with Crippen molar-refractivity contribution in [2.75, 3.05) is 5.32 Å². The third kappa shape index (κ3) is 4.79. The molecule has 30 heavy (non-hydrogen) atoms. The minimum Gasteiger partial charge on any atom is -0.392 e. The Kier molecular flexibility index (Phi) is 6.10. The van der Waals surface area contributed by atoms with Gasteiger partial charge in [0.05, 0.1) is 12.3 Å². The van der Waals surface area contributed by atoms with Gasteiger partial charge in [-0.25, -0.2) is 4.39 Å². The van der Waals surface area contributed by atoms with Crippen molar-refractivity contribution in [3.05, 3.63) is 88.0 Å². The Labute approximate surface area is 170 Å². The van der Waals surface area contributed by atoms with Crippen LogP contribution in [0.5, 0.6) is 0 Å². The van der Waals surface area contributed by atoms with Gasteiger partial charge < -0.3 is 15.7 Å². The molecule has 1 aliphatic heterocycles. The molecule has 2 aromatic carbocycles. The average molecular weight is 418 g/mol. The number of rotatable bonds is 4. The molecule has 0 radical (unpaired) electrons. The van der Waals surface area contributed by atoms with Crippen LogP contribution in [0.3, 0.4) is 0 Å². The van der Waals surface area contributed by atoms with Gasteiger partial charge in [-0.15, -0.1) is 0 Å². The molecule has 4 nitrogen and oxygen atoms in total. The Balaban J connectivity index is 2.01. The van der Waals surface area contributed by atoms with Crippen LogP contribution in [0.25, 0.3) is 5.70 Å². The SMILES string of the molecule is Cc1ccc(NC(=O)C2=C(c3ccc(F)cc3)NC(C(F)(F)F)=C=CC2)cc1CO. The zero-order chi connectivity index (χ0) is 21.9. The fourth-order valence-corrected chi connectivity index (χ4v) is 2.94. The van der Waals surface area contributed by atoms with Crippen molar-refractivity contribution in [2.45, 2.75) is 26.1 Å². The average Bonchev–Trinajstić information content (AvgIpc) is 2.93. The molecule has 2 aromatic rings. The minimum atomic E-state index is -4.71. The molecule has 0 saturated carbocycles. The van der Waals surface area contributed by atoms with Gasteiger partial charge in [0.15, 0.2) is 5.70 Å². The maximum absolute atomic E-state index is 13.3. The maximum Gasteiger partial charge on any atom is 0.438 e. The summed E-state index contributed by atoms with van der Waals surface area (Å²) in [5, 5.41) is 14.3. The number of hydrogen-bond acceptors (Lipinski definition) is 3. The fraction of sp³-hybridized carbons (Fsp3) is 0.182. The number of carbonyl (C=O) groups excluding carboxylic acids is 1. The monoisotopic (exact) mass is 418 g/mol. The molecule has 8 heteroatoms. The number of alkyl halides is 3. The van der Waals surface area contributed by atoms with Crippen LogP contribution in [0.2, 0.25) is 0 Å². The summed E-state index contributed by atoms with van der Waals surface area (Å²) in [6, 6.07) is 9.71. The summed E-state index contributed by atoms with van der Waals surface area (Å²) in [5.74, 6) is -1.18. The Morgan fingerprint density at radius 1 is 1.20 bits per heavy atom. The van der Waals surface area contributed by atoms with Gasteiger partial charge in [0, 0.05) is 17.7 Å². The number of anilines is 1. The summed E-state index contributed by atoms with van der Waals surface area (Å²) in [6.45, 7) is 1.58. The van der Waals surface area contributed by atoms with Gasteiger partial charge in [-0.3, -0.25) is 4.79 Å². The van der Waals surface area contributed by atoms with Gasteiger partial charge >= 0.3 is 6.18 Å². The molecule has 0 unspecified atom stereocenters. The summed E-state index contributed by atoms with van der Waals surface area (Å²) in [5.41, 5.74) is 2.98. The molecular formula is C22H18F4N2O2. The Hall–Kier alpha value is -3.35. The summed E-state index contributed by atoms with van der Waals surface area (Å²) < 4.78 is 53.2. The number of carbonyl (C=O) groups is 1.